The number of rotatable bonds is 13. The molecule has 1 saturated carbocycles. The third-order valence-corrected chi connectivity index (χ3v) is 7.07. The molecule has 3 atom stereocenters. The van der Waals surface area contributed by atoms with Gasteiger partial charge in [-0.15, -0.1) is 0 Å². The van der Waals surface area contributed by atoms with Gasteiger partial charge in [0, 0.05) is 5.57 Å². The summed E-state index contributed by atoms with van der Waals surface area (Å²) in [6, 6.07) is 12.0. The lowest BCUT2D eigenvalue weighted by Gasteiger charge is -2.36. The van der Waals surface area contributed by atoms with Crippen LogP contribution in [0, 0.1) is 17.8 Å². The van der Waals surface area contributed by atoms with Crippen molar-refractivity contribution in [3.8, 4) is 11.5 Å². The summed E-state index contributed by atoms with van der Waals surface area (Å²) in [5.74, 6) is 0.243. The van der Waals surface area contributed by atoms with Crippen molar-refractivity contribution in [3.63, 3.8) is 0 Å². The summed E-state index contributed by atoms with van der Waals surface area (Å²) in [6.45, 7) is 11.8. The van der Waals surface area contributed by atoms with Crippen LogP contribution in [0.4, 0.5) is 4.79 Å². The molecule has 0 aromatic heterocycles. The zero-order valence-corrected chi connectivity index (χ0v) is 25.2. The third kappa shape index (κ3) is 10.9. The fourth-order valence-electron chi connectivity index (χ4n) is 4.67. The van der Waals surface area contributed by atoms with E-state index in [-0.39, 0.29) is 55.6 Å². The first-order valence-electron chi connectivity index (χ1n) is 14.4. The second-order valence-corrected chi connectivity index (χ2v) is 10.9. The van der Waals surface area contributed by atoms with Gasteiger partial charge in [0.25, 0.3) is 0 Å². The minimum absolute atomic E-state index is 0.0591. The number of benzene rings is 2. The van der Waals surface area contributed by atoms with Crippen LogP contribution in [0.25, 0.3) is 0 Å². The molecule has 43 heavy (non-hydrogen) atoms. The van der Waals surface area contributed by atoms with Crippen molar-refractivity contribution in [3.05, 3.63) is 71.8 Å². The molecule has 1 aliphatic rings. The standard InChI is InChI=1S/C33H40O10/c1-21(2)28-15-6-23(5)20-29(28)43-32(36)25-7-11-26(12-8-25)41-31(35)24-9-13-27(14-10-24)42-33(37)40-19-17-38-16-18-39-30(34)22(3)4/h7-14,21,23,28-29H,3,6,15-20H2,1-2,4-5H3. The molecule has 2 aromatic carbocycles. The molecule has 0 radical (unpaired) electrons. The van der Waals surface area contributed by atoms with Gasteiger partial charge in [0.2, 0.25) is 0 Å². The second kappa shape index (κ2) is 16.5. The molecule has 0 aliphatic heterocycles. The topological polar surface area (TPSA) is 124 Å². The molecule has 1 aliphatic carbocycles. The Bertz CT molecular complexity index is 1250. The second-order valence-electron chi connectivity index (χ2n) is 10.9. The average Bonchev–Trinajstić information content (AvgIpc) is 2.97. The molecule has 0 heterocycles. The summed E-state index contributed by atoms with van der Waals surface area (Å²) in [7, 11) is 0. The summed E-state index contributed by atoms with van der Waals surface area (Å²) in [6.07, 6.45) is 2.02. The molecule has 2 aromatic rings. The average molecular weight is 597 g/mol. The minimum atomic E-state index is -0.941. The molecule has 0 bridgehead atoms. The van der Waals surface area contributed by atoms with Crippen LogP contribution < -0.4 is 9.47 Å². The van der Waals surface area contributed by atoms with Crippen LogP contribution in [0.2, 0.25) is 0 Å². The van der Waals surface area contributed by atoms with E-state index < -0.39 is 18.1 Å². The predicted octanol–water partition coefficient (Wildman–Crippen LogP) is 6.17. The number of hydrogen-bond acceptors (Lipinski definition) is 10. The number of hydrogen-bond donors (Lipinski definition) is 0. The van der Waals surface area contributed by atoms with Gasteiger partial charge in [-0.3, -0.25) is 0 Å². The van der Waals surface area contributed by atoms with Crippen molar-refractivity contribution in [2.75, 3.05) is 26.4 Å². The third-order valence-electron chi connectivity index (χ3n) is 7.07. The predicted molar refractivity (Wildman–Crippen MR) is 157 cm³/mol. The molecule has 3 unspecified atom stereocenters. The Balaban J connectivity index is 1.40. The van der Waals surface area contributed by atoms with Gasteiger partial charge < -0.3 is 28.4 Å². The van der Waals surface area contributed by atoms with Gasteiger partial charge >= 0.3 is 24.1 Å². The van der Waals surface area contributed by atoms with Crippen LogP contribution in [-0.4, -0.2) is 56.6 Å². The van der Waals surface area contributed by atoms with E-state index in [1.54, 1.807) is 31.2 Å². The van der Waals surface area contributed by atoms with E-state index in [4.69, 9.17) is 28.4 Å². The Morgan fingerprint density at radius 2 is 1.35 bits per heavy atom. The van der Waals surface area contributed by atoms with E-state index in [1.807, 2.05) is 0 Å². The van der Waals surface area contributed by atoms with Crippen LogP contribution in [0.15, 0.2) is 60.7 Å². The Morgan fingerprint density at radius 3 is 1.93 bits per heavy atom. The number of esters is 3. The summed E-state index contributed by atoms with van der Waals surface area (Å²) >= 11 is 0. The lowest BCUT2D eigenvalue weighted by Crippen LogP contribution is -2.35. The molecule has 0 saturated heterocycles. The highest BCUT2D eigenvalue weighted by molar-refractivity contribution is 5.92. The molecule has 0 amide bonds. The van der Waals surface area contributed by atoms with Crippen LogP contribution in [-0.2, 0) is 23.7 Å². The van der Waals surface area contributed by atoms with Gasteiger partial charge in [0.1, 0.15) is 30.8 Å². The number of ether oxygens (including phenoxy) is 6. The Morgan fingerprint density at radius 1 is 0.791 bits per heavy atom. The van der Waals surface area contributed by atoms with Gasteiger partial charge in [-0.25, -0.2) is 19.2 Å². The van der Waals surface area contributed by atoms with Crippen molar-refractivity contribution in [2.24, 2.45) is 17.8 Å². The highest BCUT2D eigenvalue weighted by Crippen LogP contribution is 2.35. The monoisotopic (exact) mass is 596 g/mol. The summed E-state index contributed by atoms with van der Waals surface area (Å²) in [5, 5.41) is 0. The summed E-state index contributed by atoms with van der Waals surface area (Å²) in [5.41, 5.74) is 0.922. The molecule has 10 nitrogen and oxygen atoms in total. The van der Waals surface area contributed by atoms with Crippen molar-refractivity contribution in [2.45, 2.75) is 53.1 Å². The van der Waals surface area contributed by atoms with Crippen molar-refractivity contribution >= 4 is 24.1 Å². The Hall–Kier alpha value is -4.18. The van der Waals surface area contributed by atoms with E-state index in [9.17, 15) is 19.2 Å². The van der Waals surface area contributed by atoms with Gasteiger partial charge in [-0.1, -0.05) is 33.8 Å². The Labute approximate surface area is 252 Å². The zero-order valence-electron chi connectivity index (χ0n) is 25.2. The van der Waals surface area contributed by atoms with E-state index in [1.165, 1.54) is 24.3 Å². The van der Waals surface area contributed by atoms with Crippen LogP contribution in [0.1, 0.15) is 67.7 Å². The van der Waals surface area contributed by atoms with Gasteiger partial charge in [-0.2, -0.15) is 0 Å². The molecule has 10 heteroatoms. The van der Waals surface area contributed by atoms with Crippen LogP contribution >= 0.6 is 0 Å². The number of carbonyl (C=O) groups excluding carboxylic acids is 4. The highest BCUT2D eigenvalue weighted by atomic mass is 16.7. The summed E-state index contributed by atoms with van der Waals surface area (Å²) in [4.78, 5) is 48.5. The quantitative estimate of drug-likeness (QED) is 0.0662. The summed E-state index contributed by atoms with van der Waals surface area (Å²) < 4.78 is 31.4. The molecule has 232 valence electrons. The highest BCUT2D eigenvalue weighted by Gasteiger charge is 2.33. The van der Waals surface area contributed by atoms with Crippen molar-refractivity contribution < 1.29 is 47.6 Å². The zero-order chi connectivity index (χ0) is 31.4. The maximum absolute atomic E-state index is 12.8. The molecule has 3 rings (SSSR count). The Kier molecular flexibility index (Phi) is 12.8. The van der Waals surface area contributed by atoms with Crippen LogP contribution in [0.5, 0.6) is 11.5 Å². The van der Waals surface area contributed by atoms with Gasteiger partial charge in [-0.05, 0) is 86.1 Å². The lowest BCUT2D eigenvalue weighted by molar-refractivity contribution is -0.140. The minimum Gasteiger partial charge on any atom is -0.460 e. The van der Waals surface area contributed by atoms with E-state index >= 15 is 0 Å². The van der Waals surface area contributed by atoms with E-state index in [0.717, 1.165) is 19.3 Å². The fourth-order valence-corrected chi connectivity index (χ4v) is 4.67. The molecule has 1 fully saturated rings. The maximum atomic E-state index is 12.8. The largest absolute Gasteiger partial charge is 0.513 e. The van der Waals surface area contributed by atoms with Crippen molar-refractivity contribution in [1.29, 1.82) is 0 Å². The molecular formula is C33H40O10. The fraction of sp³-hybridized carbons (Fsp3) is 0.455. The first-order chi connectivity index (χ1) is 20.5. The molecular weight excluding hydrogens is 556 g/mol. The van der Waals surface area contributed by atoms with Crippen molar-refractivity contribution in [1.82, 2.24) is 0 Å². The van der Waals surface area contributed by atoms with E-state index in [2.05, 4.69) is 27.4 Å². The van der Waals surface area contributed by atoms with E-state index in [0.29, 0.717) is 28.9 Å². The lowest BCUT2D eigenvalue weighted by atomic mass is 9.75. The molecule has 0 N–H and O–H groups in total. The smallest absolute Gasteiger partial charge is 0.460 e. The van der Waals surface area contributed by atoms with Gasteiger partial charge in [0.05, 0.1) is 24.3 Å². The first-order valence-corrected chi connectivity index (χ1v) is 14.4. The van der Waals surface area contributed by atoms with Crippen LogP contribution in [0.3, 0.4) is 0 Å². The normalized spacial score (nSPS) is 17.9. The van der Waals surface area contributed by atoms with Gasteiger partial charge in [0.15, 0.2) is 0 Å². The SMILES string of the molecule is C=C(C)C(=O)OCCOCCOC(=O)Oc1ccc(C(=O)Oc2ccc(C(=O)OC3CC(C)CCC3C(C)C)cc2)cc1. The number of carbonyl (C=O) groups is 4. The first kappa shape index (κ1) is 33.3. The maximum Gasteiger partial charge on any atom is 0.513 e. The molecule has 0 spiro atoms.